The third kappa shape index (κ3) is 4.50. The summed E-state index contributed by atoms with van der Waals surface area (Å²) in [5, 5.41) is 0. The monoisotopic (exact) mass is 249 g/mol. The van der Waals surface area contributed by atoms with Crippen LogP contribution in [0.25, 0.3) is 0 Å². The van der Waals surface area contributed by atoms with Gasteiger partial charge in [0.1, 0.15) is 0 Å². The van der Waals surface area contributed by atoms with Gasteiger partial charge in [0, 0.05) is 19.0 Å². The van der Waals surface area contributed by atoms with E-state index in [0.717, 1.165) is 0 Å². The lowest BCUT2D eigenvalue weighted by atomic mass is 10.1. The van der Waals surface area contributed by atoms with Crippen LogP contribution in [0.2, 0.25) is 0 Å². The molecule has 0 aromatic rings. The van der Waals surface area contributed by atoms with Crippen molar-refractivity contribution < 1.29 is 23.1 Å². The molecule has 0 rings (SSSR count). The molecule has 0 aliphatic carbocycles. The lowest BCUT2D eigenvalue weighted by molar-refractivity contribution is -0.121. The number of ether oxygens (including phenoxy) is 1. The van der Waals surface area contributed by atoms with E-state index >= 15 is 0 Å². The molecule has 4 nitrogen and oxygen atoms in total. The second-order valence-electron chi connectivity index (χ2n) is 3.65. The Morgan fingerprint density at radius 2 is 1.65 bits per heavy atom. The number of allylic oxidation sites excluding steroid dienone is 1. The van der Waals surface area contributed by atoms with Crippen molar-refractivity contribution in [2.24, 2.45) is 5.92 Å². The number of rotatable bonds is 5. The summed E-state index contributed by atoms with van der Waals surface area (Å²) in [6, 6.07) is 0. The highest BCUT2D eigenvalue weighted by Crippen LogP contribution is 2.16. The fourth-order valence-electron chi connectivity index (χ4n) is 1.08. The van der Waals surface area contributed by atoms with E-state index in [1.54, 1.807) is 13.8 Å². The van der Waals surface area contributed by atoms with Crippen LogP contribution in [0.5, 0.6) is 0 Å². The number of hydrogen-bond acceptors (Lipinski definition) is 3. The third-order valence-corrected chi connectivity index (χ3v) is 2.13. The minimum atomic E-state index is -2.27. The first-order valence-electron chi connectivity index (χ1n) is 5.41. The number of Topliss-reactive ketones (excluding diaryl/α,β-unsaturated/α-hetero) is 1. The SMILES string of the molecule is CCN(CC)C(=O)OC(C(=O)C(C)C)=C(F)F. The maximum absolute atomic E-state index is 12.5. The van der Waals surface area contributed by atoms with Gasteiger partial charge in [0.25, 0.3) is 0 Å². The van der Waals surface area contributed by atoms with Gasteiger partial charge in [0.2, 0.25) is 11.5 Å². The molecule has 0 N–H and O–H groups in total. The molecule has 0 aromatic carbocycles. The molecule has 17 heavy (non-hydrogen) atoms. The van der Waals surface area contributed by atoms with Crippen molar-refractivity contribution >= 4 is 11.9 Å². The zero-order valence-corrected chi connectivity index (χ0v) is 10.4. The van der Waals surface area contributed by atoms with Gasteiger partial charge in [-0.25, -0.2) is 4.79 Å². The Morgan fingerprint density at radius 1 is 1.18 bits per heavy atom. The molecule has 6 heteroatoms. The molecular weight excluding hydrogens is 232 g/mol. The van der Waals surface area contributed by atoms with Crippen LogP contribution in [0.3, 0.4) is 0 Å². The summed E-state index contributed by atoms with van der Waals surface area (Å²) in [5.41, 5.74) is 0. The molecule has 0 radical (unpaired) electrons. The molecule has 0 fully saturated rings. The zero-order valence-electron chi connectivity index (χ0n) is 10.4. The molecule has 0 saturated heterocycles. The molecular formula is C11H17F2NO3. The van der Waals surface area contributed by atoms with E-state index in [1.807, 2.05) is 0 Å². The minimum Gasteiger partial charge on any atom is -0.401 e. The molecule has 0 unspecified atom stereocenters. The van der Waals surface area contributed by atoms with E-state index in [9.17, 15) is 18.4 Å². The molecule has 98 valence electrons. The lowest BCUT2D eigenvalue weighted by Gasteiger charge is -2.18. The summed E-state index contributed by atoms with van der Waals surface area (Å²) in [6.07, 6.45) is -3.21. The Balaban J connectivity index is 4.88. The topological polar surface area (TPSA) is 46.6 Å². The normalized spacial score (nSPS) is 10.1. The van der Waals surface area contributed by atoms with Crippen molar-refractivity contribution in [3.05, 3.63) is 11.8 Å². The van der Waals surface area contributed by atoms with Crippen molar-refractivity contribution in [2.45, 2.75) is 27.7 Å². The Morgan fingerprint density at radius 3 is 1.94 bits per heavy atom. The molecule has 0 spiro atoms. The van der Waals surface area contributed by atoms with Crippen LogP contribution in [-0.2, 0) is 9.53 Å². The van der Waals surface area contributed by atoms with Gasteiger partial charge in [-0.3, -0.25) is 4.79 Å². The first-order valence-corrected chi connectivity index (χ1v) is 5.41. The lowest BCUT2D eigenvalue weighted by Crippen LogP contribution is -2.32. The first-order chi connectivity index (χ1) is 7.84. The molecule has 0 bridgehead atoms. The predicted molar refractivity (Wildman–Crippen MR) is 58.5 cm³/mol. The number of halogens is 2. The highest BCUT2D eigenvalue weighted by molar-refractivity contribution is 5.96. The van der Waals surface area contributed by atoms with E-state index in [0.29, 0.717) is 13.1 Å². The van der Waals surface area contributed by atoms with Gasteiger partial charge in [-0.05, 0) is 13.8 Å². The third-order valence-electron chi connectivity index (χ3n) is 2.13. The van der Waals surface area contributed by atoms with Crippen LogP contribution in [0.1, 0.15) is 27.7 Å². The van der Waals surface area contributed by atoms with Crippen LogP contribution in [0.4, 0.5) is 13.6 Å². The number of ketones is 1. The summed E-state index contributed by atoms with van der Waals surface area (Å²) in [6.45, 7) is 6.93. The molecule has 0 aliphatic heterocycles. The Kier molecular flexibility index (Phi) is 6.38. The summed E-state index contributed by atoms with van der Waals surface area (Å²) in [7, 11) is 0. The van der Waals surface area contributed by atoms with Gasteiger partial charge >= 0.3 is 12.2 Å². The van der Waals surface area contributed by atoms with E-state index in [2.05, 4.69) is 4.74 Å². The van der Waals surface area contributed by atoms with Crippen LogP contribution in [0.15, 0.2) is 11.8 Å². The van der Waals surface area contributed by atoms with Gasteiger partial charge in [-0.2, -0.15) is 8.78 Å². The van der Waals surface area contributed by atoms with Crippen molar-refractivity contribution in [1.29, 1.82) is 0 Å². The maximum Gasteiger partial charge on any atom is 0.415 e. The smallest absolute Gasteiger partial charge is 0.401 e. The Hall–Kier alpha value is -1.46. The fourth-order valence-corrected chi connectivity index (χ4v) is 1.08. The molecule has 1 amide bonds. The molecule has 0 saturated carbocycles. The van der Waals surface area contributed by atoms with Gasteiger partial charge < -0.3 is 9.64 Å². The molecule has 0 aromatic heterocycles. The van der Waals surface area contributed by atoms with E-state index in [1.165, 1.54) is 18.7 Å². The Bertz CT molecular complexity index is 319. The number of nitrogens with zero attached hydrogens (tertiary/aromatic N) is 1. The first kappa shape index (κ1) is 15.5. The molecule has 0 atom stereocenters. The van der Waals surface area contributed by atoms with E-state index < -0.39 is 29.6 Å². The van der Waals surface area contributed by atoms with Gasteiger partial charge in [-0.1, -0.05) is 13.8 Å². The fraction of sp³-hybridized carbons (Fsp3) is 0.636. The van der Waals surface area contributed by atoms with Crippen molar-refractivity contribution in [1.82, 2.24) is 4.90 Å². The summed E-state index contributed by atoms with van der Waals surface area (Å²) < 4.78 is 29.5. The van der Waals surface area contributed by atoms with Crippen molar-refractivity contribution in [3.63, 3.8) is 0 Å². The molecule has 0 aliphatic rings. The zero-order chi connectivity index (χ0) is 13.6. The summed E-state index contributed by atoms with van der Waals surface area (Å²) in [5.74, 6) is -2.70. The van der Waals surface area contributed by atoms with Crippen molar-refractivity contribution in [2.75, 3.05) is 13.1 Å². The second-order valence-corrected chi connectivity index (χ2v) is 3.65. The summed E-state index contributed by atoms with van der Waals surface area (Å²) in [4.78, 5) is 24.0. The predicted octanol–water partition coefficient (Wildman–Crippen LogP) is 2.80. The van der Waals surface area contributed by atoms with Gasteiger partial charge in [0.15, 0.2) is 0 Å². The highest BCUT2D eigenvalue weighted by Gasteiger charge is 2.25. The average molecular weight is 249 g/mol. The number of hydrogen-bond donors (Lipinski definition) is 0. The quantitative estimate of drug-likeness (QED) is 0.556. The Labute approximate surface area is 99.2 Å². The largest absolute Gasteiger partial charge is 0.415 e. The highest BCUT2D eigenvalue weighted by atomic mass is 19.3. The number of amides is 1. The minimum absolute atomic E-state index is 0.326. The van der Waals surface area contributed by atoms with Crippen LogP contribution in [0, 0.1) is 5.92 Å². The summed E-state index contributed by atoms with van der Waals surface area (Å²) >= 11 is 0. The van der Waals surface area contributed by atoms with Gasteiger partial charge in [-0.15, -0.1) is 0 Å². The maximum atomic E-state index is 12.5. The van der Waals surface area contributed by atoms with Crippen molar-refractivity contribution in [3.8, 4) is 0 Å². The van der Waals surface area contributed by atoms with Crippen LogP contribution >= 0.6 is 0 Å². The standard InChI is InChI=1S/C11H17F2NO3/c1-5-14(6-2)11(16)17-9(10(12)13)8(15)7(3)4/h7H,5-6H2,1-4H3. The molecule has 0 heterocycles. The van der Waals surface area contributed by atoms with Gasteiger partial charge in [0.05, 0.1) is 0 Å². The number of carbonyl (C=O) groups is 2. The number of carbonyl (C=O) groups excluding carboxylic acids is 2. The van der Waals surface area contributed by atoms with E-state index in [-0.39, 0.29) is 0 Å². The second kappa shape index (κ2) is 6.98. The van der Waals surface area contributed by atoms with E-state index in [4.69, 9.17) is 0 Å². The van der Waals surface area contributed by atoms with Crippen LogP contribution in [-0.4, -0.2) is 29.9 Å². The van der Waals surface area contributed by atoms with Crippen LogP contribution < -0.4 is 0 Å². The average Bonchev–Trinajstić information content (AvgIpc) is 2.26.